The van der Waals surface area contributed by atoms with Gasteiger partial charge in [0.1, 0.15) is 17.3 Å². The van der Waals surface area contributed by atoms with Crippen LogP contribution in [0.4, 0.5) is 4.39 Å². The molecule has 2 aromatic rings. The van der Waals surface area contributed by atoms with E-state index in [0.29, 0.717) is 21.0 Å². The number of ether oxygens (including phenoxy) is 1. The maximum Gasteiger partial charge on any atom is 0.146 e. The molecule has 1 unspecified atom stereocenters. The predicted octanol–water partition coefficient (Wildman–Crippen LogP) is 5.05. The molecular weight excluding hydrogens is 333 g/mol. The van der Waals surface area contributed by atoms with E-state index in [2.05, 4.69) is 15.9 Å². The number of rotatable bonds is 3. The second kappa shape index (κ2) is 5.90. The zero-order valence-corrected chi connectivity index (χ0v) is 12.5. The van der Waals surface area contributed by atoms with Crippen molar-refractivity contribution in [1.29, 1.82) is 0 Å². The van der Waals surface area contributed by atoms with Gasteiger partial charge in [0.25, 0.3) is 0 Å². The second-order valence-corrected chi connectivity index (χ2v) is 5.42. The minimum atomic E-state index is -0.336. The maximum atomic E-state index is 13.0. The first kappa shape index (κ1) is 14.3. The van der Waals surface area contributed by atoms with Gasteiger partial charge in [-0.3, -0.25) is 0 Å². The van der Waals surface area contributed by atoms with Crippen LogP contribution >= 0.6 is 27.5 Å². The first-order valence-electron chi connectivity index (χ1n) is 5.65. The second-order valence-electron chi connectivity index (χ2n) is 4.16. The molecule has 2 aromatic carbocycles. The van der Waals surface area contributed by atoms with Crippen LogP contribution in [0.25, 0.3) is 0 Å². The summed E-state index contributed by atoms with van der Waals surface area (Å²) in [5.74, 6) is 0.660. The van der Waals surface area contributed by atoms with Gasteiger partial charge in [0.15, 0.2) is 0 Å². The van der Waals surface area contributed by atoms with Crippen LogP contribution in [-0.2, 0) is 0 Å². The highest BCUT2D eigenvalue weighted by Gasteiger charge is 2.09. The molecule has 0 spiro atoms. The molecule has 2 N–H and O–H groups in total. The van der Waals surface area contributed by atoms with Gasteiger partial charge in [-0.15, -0.1) is 0 Å². The van der Waals surface area contributed by atoms with Gasteiger partial charge in [0, 0.05) is 6.04 Å². The Kier molecular flexibility index (Phi) is 4.45. The van der Waals surface area contributed by atoms with E-state index in [0.717, 1.165) is 5.56 Å². The third-order valence-corrected chi connectivity index (χ3v) is 3.51. The number of hydrogen-bond acceptors (Lipinski definition) is 2. The number of benzene rings is 2. The van der Waals surface area contributed by atoms with Crippen LogP contribution in [-0.4, -0.2) is 0 Å². The quantitative estimate of drug-likeness (QED) is 0.845. The van der Waals surface area contributed by atoms with Crippen molar-refractivity contribution in [3.8, 4) is 11.5 Å². The molecule has 0 fully saturated rings. The third kappa shape index (κ3) is 3.47. The van der Waals surface area contributed by atoms with Crippen molar-refractivity contribution in [3.05, 3.63) is 57.3 Å². The average molecular weight is 345 g/mol. The molecule has 0 heterocycles. The van der Waals surface area contributed by atoms with E-state index < -0.39 is 0 Å². The summed E-state index contributed by atoms with van der Waals surface area (Å²) in [7, 11) is 0. The molecule has 0 aromatic heterocycles. The molecule has 0 amide bonds. The summed E-state index contributed by atoms with van der Waals surface area (Å²) in [5.41, 5.74) is 6.70. The zero-order valence-electron chi connectivity index (χ0n) is 10.2. The fraction of sp³-hybridized carbons (Fsp3) is 0.143. The highest BCUT2D eigenvalue weighted by molar-refractivity contribution is 9.10. The molecule has 2 nitrogen and oxygen atoms in total. The average Bonchev–Trinajstić information content (AvgIpc) is 2.34. The zero-order chi connectivity index (χ0) is 14.0. The van der Waals surface area contributed by atoms with Crippen molar-refractivity contribution in [3.63, 3.8) is 0 Å². The fourth-order valence-electron chi connectivity index (χ4n) is 1.56. The van der Waals surface area contributed by atoms with E-state index >= 15 is 0 Å². The van der Waals surface area contributed by atoms with Gasteiger partial charge in [0.2, 0.25) is 0 Å². The Morgan fingerprint density at radius 1 is 1.21 bits per heavy atom. The lowest BCUT2D eigenvalue weighted by Crippen LogP contribution is -2.04. The minimum Gasteiger partial charge on any atom is -0.455 e. The molecule has 0 saturated heterocycles. The molecule has 2 rings (SSSR count). The standard InChI is InChI=1S/C14H12BrClFNO/c1-8(18)9-2-4-14(12(16)6-9)19-13-5-3-10(17)7-11(13)15/h2-8H,18H2,1H3. The van der Waals surface area contributed by atoms with E-state index in [1.807, 2.05) is 13.0 Å². The van der Waals surface area contributed by atoms with Crippen LogP contribution in [0.3, 0.4) is 0 Å². The Labute approximate surface area is 124 Å². The highest BCUT2D eigenvalue weighted by atomic mass is 79.9. The third-order valence-electron chi connectivity index (χ3n) is 2.60. The largest absolute Gasteiger partial charge is 0.455 e. The van der Waals surface area contributed by atoms with Crippen LogP contribution in [0.1, 0.15) is 18.5 Å². The van der Waals surface area contributed by atoms with Gasteiger partial charge in [0.05, 0.1) is 9.50 Å². The van der Waals surface area contributed by atoms with E-state index in [1.165, 1.54) is 18.2 Å². The Balaban J connectivity index is 2.28. The summed E-state index contributed by atoms with van der Waals surface area (Å²) < 4.78 is 19.2. The van der Waals surface area contributed by atoms with Gasteiger partial charge >= 0.3 is 0 Å². The van der Waals surface area contributed by atoms with Crippen molar-refractivity contribution in [2.45, 2.75) is 13.0 Å². The number of halogens is 3. The van der Waals surface area contributed by atoms with Crippen LogP contribution in [0, 0.1) is 5.82 Å². The topological polar surface area (TPSA) is 35.2 Å². The van der Waals surface area contributed by atoms with Crippen molar-refractivity contribution in [2.75, 3.05) is 0 Å². The predicted molar refractivity (Wildman–Crippen MR) is 78.2 cm³/mol. The summed E-state index contributed by atoms with van der Waals surface area (Å²) in [5, 5.41) is 0.464. The molecule has 0 aliphatic carbocycles. The molecule has 0 radical (unpaired) electrons. The maximum absolute atomic E-state index is 13.0. The Hall–Kier alpha value is -1.10. The van der Waals surface area contributed by atoms with Crippen LogP contribution in [0.2, 0.25) is 5.02 Å². The van der Waals surface area contributed by atoms with Gasteiger partial charge in [-0.25, -0.2) is 4.39 Å². The summed E-state index contributed by atoms with van der Waals surface area (Å²) in [4.78, 5) is 0. The first-order chi connectivity index (χ1) is 8.97. The molecule has 5 heteroatoms. The number of hydrogen-bond donors (Lipinski definition) is 1. The lowest BCUT2D eigenvalue weighted by atomic mass is 10.1. The van der Waals surface area contributed by atoms with E-state index in [-0.39, 0.29) is 11.9 Å². The molecule has 0 saturated carbocycles. The first-order valence-corrected chi connectivity index (χ1v) is 6.82. The summed E-state index contributed by atoms with van der Waals surface area (Å²) in [6.07, 6.45) is 0. The minimum absolute atomic E-state index is 0.0934. The van der Waals surface area contributed by atoms with E-state index in [1.54, 1.807) is 12.1 Å². The lowest BCUT2D eigenvalue weighted by Gasteiger charge is -2.12. The van der Waals surface area contributed by atoms with Crippen molar-refractivity contribution in [2.24, 2.45) is 5.73 Å². The highest BCUT2D eigenvalue weighted by Crippen LogP contribution is 2.35. The Morgan fingerprint density at radius 2 is 1.89 bits per heavy atom. The molecule has 19 heavy (non-hydrogen) atoms. The van der Waals surface area contributed by atoms with Crippen LogP contribution in [0.15, 0.2) is 40.9 Å². The Bertz CT molecular complexity index is 604. The van der Waals surface area contributed by atoms with Crippen molar-refractivity contribution in [1.82, 2.24) is 0 Å². The summed E-state index contributed by atoms with van der Waals surface area (Å²) >= 11 is 9.38. The van der Waals surface area contributed by atoms with Gasteiger partial charge < -0.3 is 10.5 Å². The van der Waals surface area contributed by atoms with Crippen molar-refractivity contribution < 1.29 is 9.13 Å². The smallest absolute Gasteiger partial charge is 0.146 e. The summed E-state index contributed by atoms with van der Waals surface area (Å²) in [6.45, 7) is 1.88. The van der Waals surface area contributed by atoms with Gasteiger partial charge in [-0.05, 0) is 58.7 Å². The molecule has 100 valence electrons. The molecule has 0 aliphatic heterocycles. The van der Waals surface area contributed by atoms with Crippen molar-refractivity contribution >= 4 is 27.5 Å². The van der Waals surface area contributed by atoms with Crippen LogP contribution in [0.5, 0.6) is 11.5 Å². The molecule has 0 bridgehead atoms. The normalized spacial score (nSPS) is 12.3. The van der Waals surface area contributed by atoms with Crippen LogP contribution < -0.4 is 10.5 Å². The molecule has 1 atom stereocenters. The lowest BCUT2D eigenvalue weighted by molar-refractivity contribution is 0.477. The van der Waals surface area contributed by atoms with E-state index in [9.17, 15) is 4.39 Å². The fourth-order valence-corrected chi connectivity index (χ4v) is 2.22. The molecule has 0 aliphatic rings. The summed E-state index contributed by atoms with van der Waals surface area (Å²) in [6, 6.07) is 9.46. The van der Waals surface area contributed by atoms with Gasteiger partial charge in [-0.2, -0.15) is 0 Å². The SMILES string of the molecule is CC(N)c1ccc(Oc2ccc(F)cc2Br)c(Cl)c1. The Morgan fingerprint density at radius 3 is 2.47 bits per heavy atom. The molecular formula is C14H12BrClFNO. The number of nitrogens with two attached hydrogens (primary N) is 1. The van der Waals surface area contributed by atoms with Gasteiger partial charge in [-0.1, -0.05) is 17.7 Å². The van der Waals surface area contributed by atoms with E-state index in [4.69, 9.17) is 22.1 Å². The monoisotopic (exact) mass is 343 g/mol.